The van der Waals surface area contributed by atoms with Gasteiger partial charge in [-0.3, -0.25) is 4.79 Å². The Hall–Kier alpha value is -3.65. The van der Waals surface area contributed by atoms with Crippen molar-refractivity contribution in [3.05, 3.63) is 96.1 Å². The Morgan fingerprint density at radius 1 is 0.892 bits per heavy atom. The molecule has 3 aromatic carbocycles. The van der Waals surface area contributed by atoms with Gasteiger partial charge in [0.2, 0.25) is 5.91 Å². The fourth-order valence-electron chi connectivity index (χ4n) is 5.57. The molecule has 0 spiro atoms. The van der Waals surface area contributed by atoms with E-state index in [2.05, 4.69) is 4.90 Å². The van der Waals surface area contributed by atoms with Crippen LogP contribution in [0.2, 0.25) is 0 Å². The first kappa shape index (κ1) is 25.0. The van der Waals surface area contributed by atoms with Crippen LogP contribution in [-0.4, -0.2) is 63.2 Å². The molecule has 0 radical (unpaired) electrons. The van der Waals surface area contributed by atoms with Gasteiger partial charge in [-0.15, -0.1) is 0 Å². The lowest BCUT2D eigenvalue weighted by Gasteiger charge is -2.31. The molecule has 2 aliphatic heterocycles. The van der Waals surface area contributed by atoms with Gasteiger partial charge in [-0.05, 0) is 29.7 Å². The number of carbonyl (C=O) groups excluding carboxylic acids is 2. The van der Waals surface area contributed by atoms with Crippen LogP contribution in [0.15, 0.2) is 89.8 Å². The zero-order valence-corrected chi connectivity index (χ0v) is 21.5. The molecule has 0 N–H and O–H groups in total. The first-order valence-corrected chi connectivity index (χ1v) is 14.1. The highest BCUT2D eigenvalue weighted by Gasteiger charge is 2.45. The van der Waals surface area contributed by atoms with E-state index in [1.807, 2.05) is 72.8 Å². The molecule has 2 aliphatic rings. The summed E-state index contributed by atoms with van der Waals surface area (Å²) in [5.41, 5.74) is 2.32. The number of benzene rings is 3. The predicted octanol–water partition coefficient (Wildman–Crippen LogP) is 3.65. The SMILES string of the molecule is COC(=O)[C@@H]1C[C@H](N2CCCS(=O)(=O)c3ccccc32)CN1C(=O)C(c1ccccc1)c1ccccc1. The number of sulfone groups is 1. The molecular formula is C29H30N2O5S. The smallest absolute Gasteiger partial charge is 0.328 e. The number of anilines is 1. The molecule has 7 nitrogen and oxygen atoms in total. The van der Waals surface area contributed by atoms with Crippen LogP contribution >= 0.6 is 0 Å². The topological polar surface area (TPSA) is 84.0 Å². The molecule has 1 amide bonds. The first-order chi connectivity index (χ1) is 17.9. The van der Waals surface area contributed by atoms with Crippen molar-refractivity contribution in [1.82, 2.24) is 4.90 Å². The highest BCUT2D eigenvalue weighted by Crippen LogP contribution is 2.37. The molecular weight excluding hydrogens is 488 g/mol. The average Bonchev–Trinajstić information content (AvgIpc) is 3.32. The van der Waals surface area contributed by atoms with Crippen molar-refractivity contribution in [1.29, 1.82) is 0 Å². The van der Waals surface area contributed by atoms with Crippen molar-refractivity contribution in [3.63, 3.8) is 0 Å². The van der Waals surface area contributed by atoms with E-state index >= 15 is 0 Å². The molecule has 2 heterocycles. The van der Waals surface area contributed by atoms with Crippen molar-refractivity contribution >= 4 is 27.4 Å². The van der Waals surface area contributed by atoms with E-state index in [0.29, 0.717) is 36.5 Å². The summed E-state index contributed by atoms with van der Waals surface area (Å²) in [5, 5.41) is 0. The number of carbonyl (C=O) groups is 2. The molecule has 0 unspecified atom stereocenters. The van der Waals surface area contributed by atoms with Crippen LogP contribution in [0.1, 0.15) is 29.9 Å². The number of para-hydroxylation sites is 1. The lowest BCUT2D eigenvalue weighted by atomic mass is 9.90. The summed E-state index contributed by atoms with van der Waals surface area (Å²) in [4.78, 5) is 31.2. The third-order valence-electron chi connectivity index (χ3n) is 7.31. The molecule has 37 heavy (non-hydrogen) atoms. The minimum absolute atomic E-state index is 0.0698. The lowest BCUT2D eigenvalue weighted by molar-refractivity contribution is -0.151. The molecule has 0 saturated carbocycles. The maximum atomic E-state index is 14.2. The fourth-order valence-corrected chi connectivity index (χ4v) is 7.09. The molecule has 0 bridgehead atoms. The molecule has 192 valence electrons. The number of hydrogen-bond donors (Lipinski definition) is 0. The number of likely N-dealkylation sites (tertiary alicyclic amines) is 1. The van der Waals surface area contributed by atoms with E-state index in [1.165, 1.54) is 7.11 Å². The van der Waals surface area contributed by atoms with Crippen LogP contribution in [-0.2, 0) is 24.2 Å². The summed E-state index contributed by atoms with van der Waals surface area (Å²) in [7, 11) is -2.07. The Morgan fingerprint density at radius 3 is 2.11 bits per heavy atom. The van der Waals surface area contributed by atoms with Gasteiger partial charge in [0, 0.05) is 25.6 Å². The molecule has 3 aromatic rings. The van der Waals surface area contributed by atoms with E-state index in [1.54, 1.807) is 17.0 Å². The third kappa shape index (κ3) is 4.85. The molecule has 0 aromatic heterocycles. The van der Waals surface area contributed by atoms with Gasteiger partial charge in [0.25, 0.3) is 0 Å². The van der Waals surface area contributed by atoms with Crippen molar-refractivity contribution in [2.45, 2.75) is 35.7 Å². The predicted molar refractivity (Wildman–Crippen MR) is 141 cm³/mol. The van der Waals surface area contributed by atoms with E-state index in [4.69, 9.17) is 4.74 Å². The number of fused-ring (bicyclic) bond motifs is 1. The normalized spacial score (nSPS) is 20.8. The van der Waals surface area contributed by atoms with Gasteiger partial charge in [0.15, 0.2) is 9.84 Å². The van der Waals surface area contributed by atoms with E-state index in [9.17, 15) is 18.0 Å². The Labute approximate surface area is 217 Å². The number of hydrogen-bond acceptors (Lipinski definition) is 6. The van der Waals surface area contributed by atoms with Crippen molar-refractivity contribution in [3.8, 4) is 0 Å². The van der Waals surface area contributed by atoms with Gasteiger partial charge in [0.1, 0.15) is 6.04 Å². The second-order valence-corrected chi connectivity index (χ2v) is 11.6. The fraction of sp³-hybridized carbons (Fsp3) is 0.310. The summed E-state index contributed by atoms with van der Waals surface area (Å²) in [6.07, 6.45) is 0.837. The third-order valence-corrected chi connectivity index (χ3v) is 9.15. The highest BCUT2D eigenvalue weighted by molar-refractivity contribution is 7.91. The Morgan fingerprint density at radius 2 is 1.49 bits per heavy atom. The van der Waals surface area contributed by atoms with Gasteiger partial charge in [-0.1, -0.05) is 72.8 Å². The lowest BCUT2D eigenvalue weighted by Crippen LogP contribution is -2.44. The summed E-state index contributed by atoms with van der Waals surface area (Å²) in [6, 6.07) is 25.1. The Kier molecular flexibility index (Phi) is 7.02. The van der Waals surface area contributed by atoms with Crippen LogP contribution in [0.3, 0.4) is 0 Å². The Balaban J connectivity index is 1.52. The van der Waals surface area contributed by atoms with Gasteiger partial charge < -0.3 is 14.5 Å². The minimum Gasteiger partial charge on any atom is -0.467 e. The number of methoxy groups -OCH3 is 1. The number of rotatable bonds is 5. The van der Waals surface area contributed by atoms with Gasteiger partial charge >= 0.3 is 5.97 Å². The van der Waals surface area contributed by atoms with Crippen LogP contribution in [0.4, 0.5) is 5.69 Å². The Bertz CT molecular complexity index is 1340. The van der Waals surface area contributed by atoms with Crippen molar-refractivity contribution in [2.75, 3.05) is 30.9 Å². The standard InChI is InChI=1S/C29H30N2O5S/c1-36-29(33)25-19-23(30-17-10-18-37(34,35)26-16-9-8-15-24(26)30)20-31(25)28(32)27(21-11-4-2-5-12-21)22-13-6-3-7-14-22/h2-9,11-16,23,25,27H,10,17-20H2,1H3/t23-,25-/m0/s1. The highest BCUT2D eigenvalue weighted by atomic mass is 32.2. The first-order valence-electron chi connectivity index (χ1n) is 12.5. The van der Waals surface area contributed by atoms with Gasteiger partial charge in [-0.25, -0.2) is 13.2 Å². The molecule has 8 heteroatoms. The number of esters is 1. The zero-order valence-electron chi connectivity index (χ0n) is 20.7. The number of ether oxygens (including phenoxy) is 1. The summed E-state index contributed by atoms with van der Waals surface area (Å²) in [6.45, 7) is 0.820. The largest absolute Gasteiger partial charge is 0.467 e. The molecule has 5 rings (SSSR count). The maximum absolute atomic E-state index is 14.2. The number of nitrogens with zero attached hydrogens (tertiary/aromatic N) is 2. The van der Waals surface area contributed by atoms with Crippen LogP contribution in [0, 0.1) is 0 Å². The van der Waals surface area contributed by atoms with Crippen LogP contribution in [0.5, 0.6) is 0 Å². The average molecular weight is 519 g/mol. The van der Waals surface area contributed by atoms with Crippen LogP contribution < -0.4 is 4.90 Å². The molecule has 0 aliphatic carbocycles. The van der Waals surface area contributed by atoms with Crippen molar-refractivity contribution < 1.29 is 22.7 Å². The quantitative estimate of drug-likeness (QED) is 0.480. The molecule has 2 atom stereocenters. The van der Waals surface area contributed by atoms with Crippen molar-refractivity contribution in [2.24, 2.45) is 0 Å². The molecule has 1 saturated heterocycles. The monoisotopic (exact) mass is 518 g/mol. The second-order valence-electron chi connectivity index (χ2n) is 9.51. The summed E-state index contributed by atoms with van der Waals surface area (Å²) >= 11 is 0. The molecule has 1 fully saturated rings. The van der Waals surface area contributed by atoms with E-state index in [-0.39, 0.29) is 17.7 Å². The van der Waals surface area contributed by atoms with Gasteiger partial charge in [-0.2, -0.15) is 0 Å². The second kappa shape index (κ2) is 10.4. The van der Waals surface area contributed by atoms with E-state index < -0.39 is 27.8 Å². The zero-order chi connectivity index (χ0) is 26.0. The number of amides is 1. The van der Waals surface area contributed by atoms with E-state index in [0.717, 1.165) is 11.1 Å². The summed E-state index contributed by atoms with van der Waals surface area (Å²) < 4.78 is 30.9. The minimum atomic E-state index is -3.40. The van der Waals surface area contributed by atoms with Gasteiger partial charge in [0.05, 0.1) is 29.4 Å². The van der Waals surface area contributed by atoms with Crippen LogP contribution in [0.25, 0.3) is 0 Å². The maximum Gasteiger partial charge on any atom is 0.328 e. The summed E-state index contributed by atoms with van der Waals surface area (Å²) in [5.74, 6) is -1.15.